The monoisotopic (exact) mass is 343 g/mol. The van der Waals surface area contributed by atoms with Gasteiger partial charge in [0.05, 0.1) is 17.3 Å². The van der Waals surface area contributed by atoms with Gasteiger partial charge in [0.1, 0.15) is 5.82 Å². The molecule has 120 valence electrons. The van der Waals surface area contributed by atoms with Crippen LogP contribution in [0.1, 0.15) is 18.4 Å². The summed E-state index contributed by atoms with van der Waals surface area (Å²) in [6.07, 6.45) is 2.23. The average Bonchev–Trinajstić information content (AvgIpc) is 2.83. The van der Waals surface area contributed by atoms with E-state index in [0.717, 1.165) is 24.1 Å². The van der Waals surface area contributed by atoms with Crippen LogP contribution in [0.2, 0.25) is 0 Å². The molecule has 0 spiro atoms. The van der Waals surface area contributed by atoms with Gasteiger partial charge in [-0.25, -0.2) is 12.8 Å². The molecule has 22 heavy (non-hydrogen) atoms. The summed E-state index contributed by atoms with van der Waals surface area (Å²) in [4.78, 5) is 14.1. The molecular formula is C15H18FNO3S2. The molecule has 0 bridgehead atoms. The van der Waals surface area contributed by atoms with Crippen molar-refractivity contribution in [1.82, 2.24) is 0 Å². The van der Waals surface area contributed by atoms with Crippen molar-refractivity contribution in [2.24, 2.45) is 0 Å². The van der Waals surface area contributed by atoms with E-state index in [4.69, 9.17) is 0 Å². The number of amides is 1. The van der Waals surface area contributed by atoms with E-state index in [1.54, 1.807) is 11.0 Å². The number of carbonyl (C=O) groups excluding carboxylic acids is 1. The Bertz CT molecular complexity index is 690. The van der Waals surface area contributed by atoms with E-state index in [0.29, 0.717) is 13.0 Å². The van der Waals surface area contributed by atoms with Gasteiger partial charge in [0, 0.05) is 17.5 Å². The number of nitrogens with zero attached hydrogens (tertiary/aromatic N) is 1. The summed E-state index contributed by atoms with van der Waals surface area (Å²) >= 11 is 1.42. The lowest BCUT2D eigenvalue weighted by Crippen LogP contribution is -2.37. The van der Waals surface area contributed by atoms with Crippen LogP contribution in [0.5, 0.6) is 0 Å². The molecule has 2 aliphatic heterocycles. The Kier molecular flexibility index (Phi) is 4.45. The van der Waals surface area contributed by atoms with Crippen LogP contribution in [0, 0.1) is 5.82 Å². The van der Waals surface area contributed by atoms with E-state index in [9.17, 15) is 17.6 Å². The van der Waals surface area contributed by atoms with Crippen molar-refractivity contribution < 1.29 is 17.6 Å². The maximum absolute atomic E-state index is 13.3. The number of fused-ring (bicyclic) bond motifs is 1. The van der Waals surface area contributed by atoms with Gasteiger partial charge in [-0.3, -0.25) is 4.79 Å². The van der Waals surface area contributed by atoms with E-state index in [1.165, 1.54) is 23.9 Å². The number of carbonyl (C=O) groups is 1. The van der Waals surface area contributed by atoms with Crippen molar-refractivity contribution in [2.45, 2.75) is 24.5 Å². The van der Waals surface area contributed by atoms with Crippen LogP contribution in [0.25, 0.3) is 0 Å². The Balaban J connectivity index is 1.64. The molecule has 1 aromatic carbocycles. The second-order valence-corrected chi connectivity index (χ2v) is 9.28. The second kappa shape index (κ2) is 6.20. The highest BCUT2D eigenvalue weighted by molar-refractivity contribution is 8.02. The van der Waals surface area contributed by atoms with Crippen LogP contribution in [-0.2, 0) is 21.1 Å². The minimum absolute atomic E-state index is 0.0198. The molecule has 3 rings (SSSR count). The van der Waals surface area contributed by atoms with Crippen LogP contribution in [-0.4, -0.2) is 43.4 Å². The molecular weight excluding hydrogens is 325 g/mol. The molecule has 0 radical (unpaired) electrons. The summed E-state index contributed by atoms with van der Waals surface area (Å²) in [6, 6.07) is 4.53. The summed E-state index contributed by atoms with van der Waals surface area (Å²) in [5, 5.41) is 0.0198. The van der Waals surface area contributed by atoms with Crippen LogP contribution >= 0.6 is 11.8 Å². The van der Waals surface area contributed by atoms with E-state index in [-0.39, 0.29) is 34.2 Å². The van der Waals surface area contributed by atoms with Crippen molar-refractivity contribution in [1.29, 1.82) is 0 Å². The number of hydrogen-bond acceptors (Lipinski definition) is 4. The first-order valence-corrected chi connectivity index (χ1v) is 10.2. The van der Waals surface area contributed by atoms with Crippen LogP contribution in [0.15, 0.2) is 18.2 Å². The van der Waals surface area contributed by atoms with Gasteiger partial charge in [-0.05, 0) is 43.0 Å². The lowest BCUT2D eigenvalue weighted by atomic mass is 10.0. The molecule has 2 aliphatic rings. The minimum Gasteiger partial charge on any atom is -0.311 e. The Morgan fingerprint density at radius 2 is 2.23 bits per heavy atom. The molecule has 0 aromatic heterocycles. The molecule has 0 N–H and O–H groups in total. The number of sulfone groups is 1. The average molecular weight is 343 g/mol. The fourth-order valence-corrected chi connectivity index (χ4v) is 6.50. The van der Waals surface area contributed by atoms with Crippen molar-refractivity contribution in [3.8, 4) is 0 Å². The largest absolute Gasteiger partial charge is 0.311 e. The Labute approximate surface area is 134 Å². The lowest BCUT2D eigenvalue weighted by Gasteiger charge is -2.29. The number of benzene rings is 1. The molecule has 1 fully saturated rings. The summed E-state index contributed by atoms with van der Waals surface area (Å²) in [6.45, 7) is 0.640. The van der Waals surface area contributed by atoms with Crippen molar-refractivity contribution in [3.63, 3.8) is 0 Å². The van der Waals surface area contributed by atoms with Gasteiger partial charge in [0.15, 0.2) is 9.84 Å². The highest BCUT2D eigenvalue weighted by Gasteiger charge is 2.30. The molecule has 7 heteroatoms. The van der Waals surface area contributed by atoms with Gasteiger partial charge in [-0.2, -0.15) is 0 Å². The fraction of sp³-hybridized carbons (Fsp3) is 0.533. The third-order valence-electron chi connectivity index (χ3n) is 4.09. The summed E-state index contributed by atoms with van der Waals surface area (Å²) in [5.74, 6) is 0.370. The third kappa shape index (κ3) is 3.46. The zero-order chi connectivity index (χ0) is 15.7. The number of anilines is 1. The first-order chi connectivity index (χ1) is 10.4. The third-order valence-corrected chi connectivity index (χ3v) is 7.36. The second-order valence-electron chi connectivity index (χ2n) is 5.76. The predicted molar refractivity (Wildman–Crippen MR) is 86.6 cm³/mol. The van der Waals surface area contributed by atoms with Crippen molar-refractivity contribution in [2.75, 3.05) is 28.7 Å². The first-order valence-electron chi connectivity index (χ1n) is 7.35. The standard InChI is InChI=1S/C15H18FNO3S2/c16-12-3-4-14-11(8-12)2-1-6-17(14)15(18)9-21-13-5-7-22(19,20)10-13/h3-4,8,13H,1-2,5-7,9-10H2/t13-/m1/s1. The summed E-state index contributed by atoms with van der Waals surface area (Å²) in [5.41, 5.74) is 1.66. The van der Waals surface area contributed by atoms with Crippen molar-refractivity contribution in [3.05, 3.63) is 29.6 Å². The molecule has 0 aliphatic carbocycles. The molecule has 1 saturated heterocycles. The lowest BCUT2D eigenvalue weighted by molar-refractivity contribution is -0.116. The number of rotatable bonds is 3. The molecule has 1 aromatic rings. The predicted octanol–water partition coefficient (Wildman–Crippen LogP) is 2.03. The van der Waals surface area contributed by atoms with E-state index >= 15 is 0 Å². The quantitative estimate of drug-likeness (QED) is 0.843. The van der Waals surface area contributed by atoms with Gasteiger partial charge in [0.25, 0.3) is 0 Å². The summed E-state index contributed by atoms with van der Waals surface area (Å²) in [7, 11) is -2.91. The SMILES string of the molecule is O=C(CS[C@@H]1CCS(=O)(=O)C1)N1CCCc2cc(F)ccc21. The van der Waals surface area contributed by atoms with Gasteiger partial charge in [-0.15, -0.1) is 11.8 Å². The van der Waals surface area contributed by atoms with Crippen LogP contribution in [0.4, 0.5) is 10.1 Å². The maximum Gasteiger partial charge on any atom is 0.236 e. The molecule has 1 atom stereocenters. The highest BCUT2D eigenvalue weighted by Crippen LogP contribution is 2.30. The molecule has 2 heterocycles. The van der Waals surface area contributed by atoms with Gasteiger partial charge in [0.2, 0.25) is 5.91 Å². The fourth-order valence-electron chi connectivity index (χ4n) is 2.98. The Morgan fingerprint density at radius 1 is 1.41 bits per heavy atom. The Hall–Kier alpha value is -1.08. The zero-order valence-corrected chi connectivity index (χ0v) is 13.8. The van der Waals surface area contributed by atoms with Gasteiger partial charge in [-0.1, -0.05) is 0 Å². The van der Waals surface area contributed by atoms with Crippen molar-refractivity contribution >= 4 is 33.2 Å². The zero-order valence-electron chi connectivity index (χ0n) is 12.1. The first kappa shape index (κ1) is 15.8. The molecule has 0 saturated carbocycles. The molecule has 1 amide bonds. The topological polar surface area (TPSA) is 54.5 Å². The number of thioether (sulfide) groups is 1. The van der Waals surface area contributed by atoms with E-state index in [2.05, 4.69) is 0 Å². The van der Waals surface area contributed by atoms with Crippen LogP contribution in [0.3, 0.4) is 0 Å². The van der Waals surface area contributed by atoms with E-state index in [1.807, 2.05) is 0 Å². The van der Waals surface area contributed by atoms with Gasteiger partial charge < -0.3 is 4.90 Å². The number of halogens is 1. The van der Waals surface area contributed by atoms with Crippen LogP contribution < -0.4 is 4.90 Å². The normalized spacial score (nSPS) is 23.3. The van der Waals surface area contributed by atoms with E-state index < -0.39 is 9.84 Å². The minimum atomic E-state index is -2.91. The summed E-state index contributed by atoms with van der Waals surface area (Å²) < 4.78 is 36.2. The number of aryl methyl sites for hydroxylation is 1. The smallest absolute Gasteiger partial charge is 0.236 e. The molecule has 4 nitrogen and oxygen atoms in total. The number of hydrogen-bond donors (Lipinski definition) is 0. The maximum atomic E-state index is 13.3. The molecule has 0 unspecified atom stereocenters. The Morgan fingerprint density at radius 3 is 2.95 bits per heavy atom. The van der Waals surface area contributed by atoms with Gasteiger partial charge >= 0.3 is 0 Å². The highest BCUT2D eigenvalue weighted by atomic mass is 32.2.